The number of aliphatic hydroxyl groups excluding tert-OH is 1. The van der Waals surface area contributed by atoms with Gasteiger partial charge >= 0.3 is 0 Å². The lowest BCUT2D eigenvalue weighted by Crippen LogP contribution is -2.29. The van der Waals surface area contributed by atoms with Crippen molar-refractivity contribution in [2.24, 2.45) is 0 Å². The van der Waals surface area contributed by atoms with Crippen molar-refractivity contribution in [2.45, 2.75) is 13.0 Å². The number of aliphatic hydroxyl groups is 1. The lowest BCUT2D eigenvalue weighted by Gasteiger charge is -2.14. The van der Waals surface area contributed by atoms with E-state index >= 15 is 0 Å². The third kappa shape index (κ3) is 3.79. The highest BCUT2D eigenvalue weighted by molar-refractivity contribution is 5.94. The van der Waals surface area contributed by atoms with Crippen molar-refractivity contribution in [2.75, 3.05) is 13.2 Å². The molecule has 1 atom stereocenters. The largest absolute Gasteiger partial charge is 0.491 e. The van der Waals surface area contributed by atoms with E-state index in [0.717, 1.165) is 0 Å². The van der Waals surface area contributed by atoms with Crippen LogP contribution < -0.4 is 10.1 Å². The van der Waals surface area contributed by atoms with Crippen molar-refractivity contribution < 1.29 is 19.0 Å². The number of ether oxygens (including phenoxy) is 1. The molecule has 0 aliphatic rings. The number of amides is 1. The Morgan fingerprint density at radius 1 is 1.36 bits per heavy atom. The van der Waals surface area contributed by atoms with E-state index in [4.69, 9.17) is 4.74 Å². The van der Waals surface area contributed by atoms with E-state index in [9.17, 15) is 14.3 Å². The molecule has 22 heavy (non-hydrogen) atoms. The molecular formula is C16H17FN2O3. The molecule has 0 spiro atoms. The zero-order valence-corrected chi connectivity index (χ0v) is 12.1. The Morgan fingerprint density at radius 3 is 2.86 bits per heavy atom. The molecule has 0 saturated heterocycles. The summed E-state index contributed by atoms with van der Waals surface area (Å²) in [5.74, 6) is -0.639. The zero-order chi connectivity index (χ0) is 15.9. The van der Waals surface area contributed by atoms with Gasteiger partial charge in [-0.3, -0.25) is 4.79 Å². The average molecular weight is 304 g/mol. The molecule has 0 aliphatic heterocycles. The summed E-state index contributed by atoms with van der Waals surface area (Å²) in [5, 5.41) is 12.5. The van der Waals surface area contributed by atoms with Crippen LogP contribution in [0.2, 0.25) is 0 Å². The number of halogens is 1. The van der Waals surface area contributed by atoms with Gasteiger partial charge in [0.1, 0.15) is 5.82 Å². The minimum atomic E-state index is -1.13. The van der Waals surface area contributed by atoms with Gasteiger partial charge < -0.3 is 15.2 Å². The molecule has 1 unspecified atom stereocenters. The van der Waals surface area contributed by atoms with Gasteiger partial charge in [-0.25, -0.2) is 9.37 Å². The van der Waals surface area contributed by atoms with Gasteiger partial charge in [0, 0.05) is 18.3 Å². The van der Waals surface area contributed by atoms with Crippen molar-refractivity contribution >= 4 is 5.91 Å². The Kier molecular flexibility index (Phi) is 5.43. The normalized spacial score (nSPS) is 11.8. The number of nitrogens with one attached hydrogen (secondary N) is 1. The molecule has 5 nitrogen and oxygen atoms in total. The second-order valence-corrected chi connectivity index (χ2v) is 4.53. The summed E-state index contributed by atoms with van der Waals surface area (Å²) in [5.41, 5.74) is 0.263. The number of nitrogens with zero attached hydrogens (tertiary/aromatic N) is 1. The molecule has 0 fully saturated rings. The topological polar surface area (TPSA) is 71.5 Å². The Bertz CT molecular complexity index is 649. The van der Waals surface area contributed by atoms with Gasteiger partial charge in [0.2, 0.25) is 0 Å². The average Bonchev–Trinajstić information content (AvgIpc) is 2.53. The predicted octanol–water partition coefficient (Wildman–Crippen LogP) is 2.08. The number of carbonyl (C=O) groups excluding carboxylic acids is 1. The summed E-state index contributed by atoms with van der Waals surface area (Å²) in [4.78, 5) is 16.1. The van der Waals surface area contributed by atoms with Crippen LogP contribution in [-0.4, -0.2) is 29.1 Å². The predicted molar refractivity (Wildman–Crippen MR) is 79.1 cm³/mol. The van der Waals surface area contributed by atoms with Crippen LogP contribution in [0, 0.1) is 5.82 Å². The Morgan fingerprint density at radius 2 is 2.14 bits per heavy atom. The van der Waals surface area contributed by atoms with E-state index in [0.29, 0.717) is 12.4 Å². The highest BCUT2D eigenvalue weighted by atomic mass is 19.1. The second-order valence-electron chi connectivity index (χ2n) is 4.53. The smallest absolute Gasteiger partial charge is 0.273 e. The van der Waals surface area contributed by atoms with E-state index in [1.807, 2.05) is 0 Å². The number of aromatic nitrogens is 1. The molecule has 6 heteroatoms. The van der Waals surface area contributed by atoms with Gasteiger partial charge in [0.25, 0.3) is 5.91 Å². The molecule has 1 amide bonds. The Labute approximate surface area is 127 Å². The molecule has 0 aliphatic carbocycles. The molecule has 0 radical (unpaired) electrons. The molecule has 116 valence electrons. The zero-order valence-electron chi connectivity index (χ0n) is 12.1. The van der Waals surface area contributed by atoms with Crippen molar-refractivity contribution in [3.05, 3.63) is 59.7 Å². The number of rotatable bonds is 6. The van der Waals surface area contributed by atoms with Crippen LogP contribution >= 0.6 is 0 Å². The van der Waals surface area contributed by atoms with Crippen molar-refractivity contribution in [1.82, 2.24) is 10.3 Å². The molecular weight excluding hydrogens is 287 g/mol. The third-order valence-corrected chi connectivity index (χ3v) is 3.01. The number of hydrogen-bond acceptors (Lipinski definition) is 4. The number of pyridine rings is 1. The van der Waals surface area contributed by atoms with Crippen molar-refractivity contribution in [3.63, 3.8) is 0 Å². The molecule has 1 aromatic heterocycles. The first-order valence-corrected chi connectivity index (χ1v) is 6.92. The van der Waals surface area contributed by atoms with Crippen LogP contribution in [0.5, 0.6) is 5.75 Å². The third-order valence-electron chi connectivity index (χ3n) is 3.01. The van der Waals surface area contributed by atoms with Crippen LogP contribution in [0.1, 0.15) is 29.1 Å². The second kappa shape index (κ2) is 7.51. The highest BCUT2D eigenvalue weighted by Crippen LogP contribution is 2.17. The fourth-order valence-corrected chi connectivity index (χ4v) is 1.96. The van der Waals surface area contributed by atoms with E-state index in [1.54, 1.807) is 25.1 Å². The van der Waals surface area contributed by atoms with Crippen LogP contribution in [0.25, 0.3) is 0 Å². The summed E-state index contributed by atoms with van der Waals surface area (Å²) >= 11 is 0. The summed E-state index contributed by atoms with van der Waals surface area (Å²) in [6.45, 7) is 2.09. The van der Waals surface area contributed by atoms with E-state index in [1.165, 1.54) is 24.4 Å². The van der Waals surface area contributed by atoms with Gasteiger partial charge in [-0.15, -0.1) is 0 Å². The van der Waals surface area contributed by atoms with Gasteiger partial charge in [-0.05, 0) is 25.1 Å². The number of hydrogen-bond donors (Lipinski definition) is 2. The van der Waals surface area contributed by atoms with Crippen molar-refractivity contribution in [3.8, 4) is 5.75 Å². The maximum absolute atomic E-state index is 13.5. The quantitative estimate of drug-likeness (QED) is 0.857. The van der Waals surface area contributed by atoms with Crippen molar-refractivity contribution in [1.29, 1.82) is 0 Å². The lowest BCUT2D eigenvalue weighted by atomic mass is 10.1. The van der Waals surface area contributed by atoms with Crippen LogP contribution in [-0.2, 0) is 0 Å². The van der Waals surface area contributed by atoms with E-state index in [2.05, 4.69) is 10.3 Å². The van der Waals surface area contributed by atoms with Gasteiger partial charge in [-0.2, -0.15) is 0 Å². The van der Waals surface area contributed by atoms with Gasteiger partial charge in [0.15, 0.2) is 11.4 Å². The monoisotopic (exact) mass is 304 g/mol. The van der Waals surface area contributed by atoms with Crippen LogP contribution in [0.4, 0.5) is 4.39 Å². The molecule has 1 heterocycles. The molecule has 2 N–H and O–H groups in total. The molecule has 2 rings (SSSR count). The number of benzene rings is 1. The first kappa shape index (κ1) is 15.9. The fourth-order valence-electron chi connectivity index (χ4n) is 1.96. The Hall–Kier alpha value is -2.47. The Balaban J connectivity index is 2.03. The molecule has 0 bridgehead atoms. The van der Waals surface area contributed by atoms with E-state index < -0.39 is 17.8 Å². The lowest BCUT2D eigenvalue weighted by molar-refractivity contribution is 0.0905. The maximum atomic E-state index is 13.5. The first-order valence-electron chi connectivity index (χ1n) is 6.92. The fraction of sp³-hybridized carbons (Fsp3) is 0.250. The number of carbonyl (C=O) groups is 1. The van der Waals surface area contributed by atoms with Crippen LogP contribution in [0.3, 0.4) is 0 Å². The van der Waals surface area contributed by atoms with Gasteiger partial charge in [0.05, 0.1) is 12.7 Å². The summed E-state index contributed by atoms with van der Waals surface area (Å²) in [6.07, 6.45) is 0.342. The summed E-state index contributed by atoms with van der Waals surface area (Å²) in [7, 11) is 0. The maximum Gasteiger partial charge on any atom is 0.273 e. The molecule has 1 aromatic carbocycles. The molecule has 0 saturated carbocycles. The minimum absolute atomic E-state index is 0.123. The summed E-state index contributed by atoms with van der Waals surface area (Å²) < 4.78 is 18.9. The minimum Gasteiger partial charge on any atom is -0.491 e. The first-order chi connectivity index (χ1) is 10.6. The molecule has 2 aromatic rings. The van der Waals surface area contributed by atoms with Gasteiger partial charge in [-0.1, -0.05) is 18.2 Å². The van der Waals surface area contributed by atoms with E-state index in [-0.39, 0.29) is 17.8 Å². The standard InChI is InChI=1S/C16H17FN2O3/c1-2-22-14-8-5-9-18-15(14)16(21)19-10-13(20)11-6-3-4-7-12(11)17/h3-9,13,20H,2,10H2,1H3,(H,19,21). The summed E-state index contributed by atoms with van der Waals surface area (Å²) in [6, 6.07) is 9.18. The highest BCUT2D eigenvalue weighted by Gasteiger charge is 2.17. The SMILES string of the molecule is CCOc1cccnc1C(=O)NCC(O)c1ccccc1F. The van der Waals surface area contributed by atoms with Crippen LogP contribution in [0.15, 0.2) is 42.6 Å².